The Hall–Kier alpha value is 0.620. The smallest absolute Gasteiger partial charge is 0.0746 e. The van der Waals surface area contributed by atoms with Crippen LogP contribution in [-0.2, 0) is 0 Å². The van der Waals surface area contributed by atoms with Crippen LogP contribution in [0, 0.1) is 0 Å². The molecule has 0 bridgehead atoms. The van der Waals surface area contributed by atoms with Crippen LogP contribution in [0.2, 0.25) is 0 Å². The molecule has 0 aromatic carbocycles. The Morgan fingerprint density at radius 2 is 1.89 bits per heavy atom. The first-order valence-corrected chi connectivity index (χ1v) is 3.87. The van der Waals surface area contributed by atoms with Gasteiger partial charge in [0.15, 0.2) is 0 Å². The van der Waals surface area contributed by atoms with Gasteiger partial charge >= 0.3 is 0 Å². The zero-order chi connectivity index (χ0) is 7.28. The fourth-order valence-corrected chi connectivity index (χ4v) is 0.748. The Morgan fingerprint density at radius 3 is 2.22 bits per heavy atom. The van der Waals surface area contributed by atoms with Gasteiger partial charge in [-0.25, -0.2) is 0 Å². The molecule has 2 nitrogen and oxygen atoms in total. The van der Waals surface area contributed by atoms with Crippen molar-refractivity contribution in [3.05, 3.63) is 0 Å². The molecule has 1 atom stereocenters. The van der Waals surface area contributed by atoms with E-state index in [-0.39, 0.29) is 11.2 Å². The van der Waals surface area contributed by atoms with Crippen molar-refractivity contribution in [3.63, 3.8) is 0 Å². The van der Waals surface area contributed by atoms with Crippen molar-refractivity contribution in [2.75, 3.05) is 6.61 Å². The summed E-state index contributed by atoms with van der Waals surface area (Å²) < 4.78 is -0.295. The Kier molecular flexibility index (Phi) is 5.78. The first-order valence-electron chi connectivity index (χ1n) is 2.83. The summed E-state index contributed by atoms with van der Waals surface area (Å²) in [7, 11) is 0. The lowest BCUT2D eigenvalue weighted by atomic mass is 10.2. The number of hydrogen-bond acceptors (Lipinski definition) is 4. The summed E-state index contributed by atoms with van der Waals surface area (Å²) in [5.74, 6) is 0. The summed E-state index contributed by atoms with van der Waals surface area (Å²) in [6.45, 7) is 0.116. The molecule has 0 aliphatic carbocycles. The quantitative estimate of drug-likeness (QED) is 0.360. The second-order valence-corrected chi connectivity index (χ2v) is 3.37. The molecule has 0 fully saturated rings. The summed E-state index contributed by atoms with van der Waals surface area (Å²) in [5, 5.41) is 17.3. The molecule has 0 aliphatic heterocycles. The zero-order valence-electron chi connectivity index (χ0n) is 5.06. The van der Waals surface area contributed by atoms with Crippen molar-refractivity contribution >= 4 is 25.3 Å². The molecule has 0 heterocycles. The minimum atomic E-state index is -0.510. The van der Waals surface area contributed by atoms with Gasteiger partial charge in [0.2, 0.25) is 0 Å². The topological polar surface area (TPSA) is 40.5 Å². The second-order valence-electron chi connectivity index (χ2n) is 1.85. The van der Waals surface area contributed by atoms with E-state index < -0.39 is 6.10 Å². The molecule has 56 valence electrons. The number of rotatable bonds is 4. The minimum Gasteiger partial charge on any atom is -0.396 e. The highest BCUT2D eigenvalue weighted by atomic mass is 32.2. The standard InChI is InChI=1S/C5H12O2S2/c6-3-1-2-4(7)5(8)9/h4-9H,1-3H2. The molecular formula is C5H12O2S2. The maximum atomic E-state index is 8.99. The lowest BCUT2D eigenvalue weighted by Crippen LogP contribution is -2.15. The fraction of sp³-hybridized carbons (Fsp3) is 1.00. The van der Waals surface area contributed by atoms with E-state index in [0.717, 1.165) is 0 Å². The lowest BCUT2D eigenvalue weighted by molar-refractivity contribution is 0.165. The summed E-state index contributed by atoms with van der Waals surface area (Å²) >= 11 is 7.80. The Bertz CT molecular complexity index is 68.0. The summed E-state index contributed by atoms with van der Waals surface area (Å²) in [6, 6.07) is 0. The molecule has 0 spiro atoms. The Labute approximate surface area is 66.1 Å². The van der Waals surface area contributed by atoms with E-state index in [4.69, 9.17) is 10.2 Å². The number of thiol groups is 2. The SMILES string of the molecule is OCCCC(O)C(S)S. The number of aliphatic hydroxyl groups is 2. The van der Waals surface area contributed by atoms with Crippen LogP contribution < -0.4 is 0 Å². The van der Waals surface area contributed by atoms with Crippen LogP contribution in [0.4, 0.5) is 0 Å². The molecule has 0 radical (unpaired) electrons. The second kappa shape index (κ2) is 5.41. The van der Waals surface area contributed by atoms with Gasteiger partial charge in [0.05, 0.1) is 10.7 Å². The van der Waals surface area contributed by atoms with Crippen molar-refractivity contribution in [1.29, 1.82) is 0 Å². The summed E-state index contributed by atoms with van der Waals surface area (Å²) in [5.41, 5.74) is 0. The van der Waals surface area contributed by atoms with Gasteiger partial charge in [0.1, 0.15) is 0 Å². The van der Waals surface area contributed by atoms with Gasteiger partial charge in [0, 0.05) is 6.61 Å². The van der Waals surface area contributed by atoms with Gasteiger partial charge in [-0.3, -0.25) is 0 Å². The highest BCUT2D eigenvalue weighted by Crippen LogP contribution is 2.10. The summed E-state index contributed by atoms with van der Waals surface area (Å²) in [6.07, 6.45) is 0.663. The van der Waals surface area contributed by atoms with Gasteiger partial charge in [-0.05, 0) is 12.8 Å². The molecule has 0 aromatic rings. The van der Waals surface area contributed by atoms with E-state index in [0.29, 0.717) is 12.8 Å². The average Bonchev–Trinajstić information content (AvgIpc) is 1.82. The minimum absolute atomic E-state index is 0.116. The van der Waals surface area contributed by atoms with E-state index in [1.807, 2.05) is 0 Å². The molecule has 0 aliphatic rings. The average molecular weight is 168 g/mol. The molecular weight excluding hydrogens is 156 g/mol. The molecule has 0 aromatic heterocycles. The van der Waals surface area contributed by atoms with Crippen LogP contribution in [0.15, 0.2) is 0 Å². The van der Waals surface area contributed by atoms with Crippen LogP contribution in [-0.4, -0.2) is 27.5 Å². The zero-order valence-corrected chi connectivity index (χ0v) is 6.85. The van der Waals surface area contributed by atoms with E-state index in [9.17, 15) is 0 Å². The van der Waals surface area contributed by atoms with E-state index in [1.165, 1.54) is 0 Å². The van der Waals surface area contributed by atoms with Gasteiger partial charge in [-0.1, -0.05) is 0 Å². The fourth-order valence-electron chi connectivity index (χ4n) is 0.449. The third-order valence-corrected chi connectivity index (χ3v) is 1.69. The van der Waals surface area contributed by atoms with Gasteiger partial charge < -0.3 is 10.2 Å². The third kappa shape index (κ3) is 5.08. The van der Waals surface area contributed by atoms with Gasteiger partial charge in [-0.15, -0.1) is 0 Å². The number of hydrogen-bond donors (Lipinski definition) is 4. The predicted molar refractivity (Wildman–Crippen MR) is 44.1 cm³/mol. The third-order valence-electron chi connectivity index (χ3n) is 1.00. The molecule has 0 saturated heterocycles. The highest BCUT2D eigenvalue weighted by Gasteiger charge is 2.08. The van der Waals surface area contributed by atoms with Crippen LogP contribution in [0.1, 0.15) is 12.8 Å². The highest BCUT2D eigenvalue weighted by molar-refractivity contribution is 7.99. The molecule has 2 N–H and O–H groups in total. The van der Waals surface area contributed by atoms with Crippen molar-refractivity contribution in [3.8, 4) is 0 Å². The lowest BCUT2D eigenvalue weighted by Gasteiger charge is -2.10. The molecule has 9 heavy (non-hydrogen) atoms. The van der Waals surface area contributed by atoms with Crippen LogP contribution in [0.3, 0.4) is 0 Å². The first-order chi connectivity index (χ1) is 4.18. The molecule has 1 unspecified atom stereocenters. The van der Waals surface area contributed by atoms with E-state index in [1.54, 1.807) is 0 Å². The van der Waals surface area contributed by atoms with E-state index >= 15 is 0 Å². The van der Waals surface area contributed by atoms with Crippen LogP contribution >= 0.6 is 25.3 Å². The predicted octanol–water partition coefficient (Wildman–Crippen LogP) is 0.305. The monoisotopic (exact) mass is 168 g/mol. The maximum absolute atomic E-state index is 8.99. The molecule has 0 saturated carbocycles. The van der Waals surface area contributed by atoms with Crippen molar-refractivity contribution < 1.29 is 10.2 Å². The largest absolute Gasteiger partial charge is 0.396 e. The normalized spacial score (nSPS) is 14.3. The molecule has 0 rings (SSSR count). The Balaban J connectivity index is 3.16. The van der Waals surface area contributed by atoms with Crippen LogP contribution in [0.25, 0.3) is 0 Å². The van der Waals surface area contributed by atoms with E-state index in [2.05, 4.69) is 25.3 Å². The first kappa shape index (κ1) is 9.62. The molecule has 4 heteroatoms. The van der Waals surface area contributed by atoms with Crippen molar-refractivity contribution in [1.82, 2.24) is 0 Å². The maximum Gasteiger partial charge on any atom is 0.0746 e. The molecule has 0 amide bonds. The van der Waals surface area contributed by atoms with Gasteiger partial charge in [0.25, 0.3) is 0 Å². The van der Waals surface area contributed by atoms with Crippen LogP contribution in [0.5, 0.6) is 0 Å². The number of aliphatic hydroxyl groups excluding tert-OH is 2. The van der Waals surface area contributed by atoms with Crippen molar-refractivity contribution in [2.24, 2.45) is 0 Å². The van der Waals surface area contributed by atoms with Gasteiger partial charge in [-0.2, -0.15) is 25.3 Å². The summed E-state index contributed by atoms with van der Waals surface area (Å²) in [4.78, 5) is 0. The van der Waals surface area contributed by atoms with Crippen molar-refractivity contribution in [2.45, 2.75) is 23.5 Å². The Morgan fingerprint density at radius 1 is 1.33 bits per heavy atom.